The number of likely N-dealkylation sites (N-methyl/N-ethyl adjacent to an activating group) is 2. The van der Waals surface area contributed by atoms with Crippen molar-refractivity contribution in [1.29, 1.82) is 0 Å². The lowest BCUT2D eigenvalue weighted by molar-refractivity contribution is 0.0686. The van der Waals surface area contributed by atoms with Crippen molar-refractivity contribution in [1.82, 2.24) is 14.4 Å². The number of hydrogen-bond donors (Lipinski definition) is 1. The highest BCUT2D eigenvalue weighted by Gasteiger charge is 2.15. The molecule has 0 bridgehead atoms. The van der Waals surface area contributed by atoms with Crippen molar-refractivity contribution in [2.75, 3.05) is 27.2 Å². The Morgan fingerprint density at radius 2 is 1.92 bits per heavy atom. The van der Waals surface area contributed by atoms with Gasteiger partial charge in [0, 0.05) is 45.1 Å². The zero-order chi connectivity index (χ0) is 20.4. The van der Waals surface area contributed by atoms with Gasteiger partial charge in [-0.3, -0.25) is 0 Å². The average molecular weight is 382 g/mol. The van der Waals surface area contributed by atoms with Gasteiger partial charge in [0.25, 0.3) is 0 Å². The molecule has 1 N–H and O–H groups in total. The van der Waals surface area contributed by atoms with Crippen molar-refractivity contribution in [3.63, 3.8) is 0 Å². The summed E-state index contributed by atoms with van der Waals surface area (Å²) in [5.41, 5.74) is 3.04. The van der Waals surface area contributed by atoms with E-state index in [4.69, 9.17) is 11.6 Å². The van der Waals surface area contributed by atoms with E-state index < -0.39 is 5.97 Å². The number of aromatic nitrogens is 1. The Bertz CT molecular complexity index is 662. The highest BCUT2D eigenvalue weighted by Crippen LogP contribution is 2.17. The van der Waals surface area contributed by atoms with Gasteiger partial charge in [-0.15, -0.1) is 0 Å². The Morgan fingerprint density at radius 1 is 1.35 bits per heavy atom. The first-order valence-corrected chi connectivity index (χ1v) is 9.02. The van der Waals surface area contributed by atoms with E-state index in [9.17, 15) is 9.90 Å². The van der Waals surface area contributed by atoms with Gasteiger partial charge in [-0.2, -0.15) is 0 Å². The van der Waals surface area contributed by atoms with E-state index in [-0.39, 0.29) is 0 Å². The van der Waals surface area contributed by atoms with Gasteiger partial charge in [-0.05, 0) is 31.7 Å². The van der Waals surface area contributed by atoms with Crippen LogP contribution in [0.25, 0.3) is 0 Å². The lowest BCUT2D eigenvalue weighted by Gasteiger charge is -2.25. The highest BCUT2D eigenvalue weighted by atomic mass is 35.5. The summed E-state index contributed by atoms with van der Waals surface area (Å²) in [6.07, 6.45) is 3.34. The van der Waals surface area contributed by atoms with Crippen molar-refractivity contribution < 1.29 is 9.90 Å². The fraction of sp³-hybridized carbons (Fsp3) is 0.450. The van der Waals surface area contributed by atoms with Gasteiger partial charge in [0.15, 0.2) is 0 Å². The lowest BCUT2D eigenvalue weighted by Crippen LogP contribution is -2.30. The summed E-state index contributed by atoms with van der Waals surface area (Å²) < 4.78 is 1.71. The molecule has 1 aromatic heterocycles. The van der Waals surface area contributed by atoms with Gasteiger partial charge < -0.3 is 19.5 Å². The van der Waals surface area contributed by atoms with Crippen LogP contribution < -0.4 is 0 Å². The molecule has 1 rings (SSSR count). The minimum absolute atomic E-state index is 0.308. The topological polar surface area (TPSA) is 48.7 Å². The zero-order valence-electron chi connectivity index (χ0n) is 16.8. The second kappa shape index (κ2) is 11.6. The van der Waals surface area contributed by atoms with Gasteiger partial charge in [-0.1, -0.05) is 44.7 Å². The largest absolute Gasteiger partial charge is 0.477 e. The molecule has 0 fully saturated rings. The molecular formula is C20H32ClN3O2. The summed E-state index contributed by atoms with van der Waals surface area (Å²) in [5, 5.41) is 9.76. The molecule has 0 amide bonds. The predicted molar refractivity (Wildman–Crippen MR) is 111 cm³/mol. The number of hydrogen-bond acceptors (Lipinski definition) is 3. The number of carbonyl (C=O) groups is 1. The van der Waals surface area contributed by atoms with Crippen molar-refractivity contribution in [3.05, 3.63) is 59.1 Å². The maximum atomic E-state index is 11.2. The molecule has 5 nitrogen and oxygen atoms in total. The van der Waals surface area contributed by atoms with Gasteiger partial charge in [0.1, 0.15) is 5.69 Å². The van der Waals surface area contributed by atoms with Crippen LogP contribution in [-0.4, -0.2) is 52.6 Å². The first-order chi connectivity index (χ1) is 12.2. The summed E-state index contributed by atoms with van der Waals surface area (Å²) in [6.45, 7) is 15.8. The number of nitrogens with zero attached hydrogens (tertiary/aromatic N) is 3. The third-order valence-corrected chi connectivity index (χ3v) is 4.46. The molecule has 0 aliphatic carbocycles. The summed E-state index contributed by atoms with van der Waals surface area (Å²) in [6, 6.07) is 1.74. The maximum absolute atomic E-state index is 11.2. The molecule has 0 atom stereocenters. The monoisotopic (exact) mass is 381 g/mol. The molecule has 0 aromatic carbocycles. The summed E-state index contributed by atoms with van der Waals surface area (Å²) in [4.78, 5) is 15.3. The number of aromatic carboxylic acids is 1. The van der Waals surface area contributed by atoms with Crippen molar-refractivity contribution in [3.8, 4) is 0 Å². The Hall–Kier alpha value is -1.98. The van der Waals surface area contributed by atoms with E-state index in [0.717, 1.165) is 30.0 Å². The minimum atomic E-state index is -0.908. The molecule has 0 saturated carbocycles. The van der Waals surface area contributed by atoms with Crippen molar-refractivity contribution in [2.24, 2.45) is 7.05 Å². The Morgan fingerprint density at radius 3 is 2.38 bits per heavy atom. The normalized spacial score (nSPS) is 11.0. The number of halogens is 1. The second-order valence-corrected chi connectivity index (χ2v) is 6.27. The molecule has 26 heavy (non-hydrogen) atoms. The van der Waals surface area contributed by atoms with Crippen LogP contribution >= 0.6 is 11.6 Å². The summed E-state index contributed by atoms with van der Waals surface area (Å²) in [5.74, 6) is -0.908. The second-order valence-electron chi connectivity index (χ2n) is 5.86. The van der Waals surface area contributed by atoms with Gasteiger partial charge in [0.2, 0.25) is 0 Å². The number of allylic oxidation sites excluding steroid dienone is 3. The number of carboxylic acid groups (broad SMARTS) is 1. The van der Waals surface area contributed by atoms with E-state index in [0.29, 0.717) is 17.3 Å². The Labute approximate surface area is 162 Å². The van der Waals surface area contributed by atoms with Crippen molar-refractivity contribution in [2.45, 2.75) is 27.3 Å². The van der Waals surface area contributed by atoms with Crippen LogP contribution in [-0.2, 0) is 13.6 Å². The SMILES string of the molecule is C=C/C=C(/Cl)C(=C)N(C)CCN(C)Cc1cc(C(=O)O)n(C)c1C.CC. The Balaban J connectivity index is 0.00000301. The third-order valence-electron chi connectivity index (χ3n) is 4.12. The summed E-state index contributed by atoms with van der Waals surface area (Å²) >= 11 is 6.12. The number of carboxylic acids is 1. The molecule has 0 radical (unpaired) electrons. The molecule has 1 heterocycles. The molecule has 0 aliphatic heterocycles. The highest BCUT2D eigenvalue weighted by molar-refractivity contribution is 6.31. The zero-order valence-corrected chi connectivity index (χ0v) is 17.6. The molecule has 0 unspecified atom stereocenters. The first-order valence-electron chi connectivity index (χ1n) is 8.64. The molecule has 0 saturated heterocycles. The van der Waals surface area contributed by atoms with Crippen LogP contribution in [0, 0.1) is 6.92 Å². The quantitative estimate of drug-likeness (QED) is 0.650. The van der Waals surface area contributed by atoms with E-state index in [1.807, 2.05) is 39.8 Å². The van der Waals surface area contributed by atoms with Gasteiger partial charge >= 0.3 is 5.97 Å². The van der Waals surface area contributed by atoms with Crippen LogP contribution in [0.2, 0.25) is 0 Å². The predicted octanol–water partition coefficient (Wildman–Crippen LogP) is 4.24. The maximum Gasteiger partial charge on any atom is 0.352 e. The summed E-state index contributed by atoms with van der Waals surface area (Å²) in [7, 11) is 5.71. The van der Waals surface area contributed by atoms with Crippen molar-refractivity contribution >= 4 is 17.6 Å². The van der Waals surface area contributed by atoms with Gasteiger partial charge in [-0.25, -0.2) is 4.79 Å². The molecule has 0 spiro atoms. The van der Waals surface area contributed by atoms with Crippen LogP contribution in [0.4, 0.5) is 0 Å². The average Bonchev–Trinajstić information content (AvgIpc) is 2.89. The van der Waals surface area contributed by atoms with Gasteiger partial charge in [0.05, 0.1) is 5.03 Å². The van der Waals surface area contributed by atoms with E-state index in [1.165, 1.54) is 0 Å². The fourth-order valence-corrected chi connectivity index (χ4v) is 2.57. The smallest absolute Gasteiger partial charge is 0.352 e. The first kappa shape index (κ1) is 24.0. The molecule has 6 heteroatoms. The number of rotatable bonds is 9. The molecular weight excluding hydrogens is 350 g/mol. The van der Waals surface area contributed by atoms with E-state index >= 15 is 0 Å². The van der Waals surface area contributed by atoms with E-state index in [2.05, 4.69) is 18.1 Å². The minimum Gasteiger partial charge on any atom is -0.477 e. The Kier molecular flexibility index (Phi) is 10.7. The van der Waals surface area contributed by atoms with Crippen LogP contribution in [0.15, 0.2) is 42.1 Å². The van der Waals surface area contributed by atoms with Crippen LogP contribution in [0.5, 0.6) is 0 Å². The molecule has 1 aromatic rings. The standard InChI is InChI=1S/C18H26ClN3O2.C2H6/c1-7-8-16(19)14(3)21(5)10-9-20(4)12-15-11-17(18(23)24)22(6)13(15)2;1-2/h7-8,11H,1,3,9-10,12H2,2,4-6H3,(H,23,24);1-2H3/b16-8+;. The fourth-order valence-electron chi connectivity index (χ4n) is 2.34. The van der Waals surface area contributed by atoms with E-state index in [1.54, 1.807) is 29.8 Å². The lowest BCUT2D eigenvalue weighted by atomic mass is 10.2. The third kappa shape index (κ3) is 6.73. The van der Waals surface area contributed by atoms with Crippen LogP contribution in [0.1, 0.15) is 35.6 Å². The molecule has 0 aliphatic rings. The molecule has 146 valence electrons. The van der Waals surface area contributed by atoms with Crippen LogP contribution in [0.3, 0.4) is 0 Å².